The Hall–Kier alpha value is -3.07. The first-order chi connectivity index (χ1) is 18.9. The van der Waals surface area contributed by atoms with Crippen LogP contribution in [0.3, 0.4) is 0 Å². The number of ether oxygens (including phenoxy) is 2. The van der Waals surface area contributed by atoms with E-state index < -0.39 is 39.5 Å². The quantitative estimate of drug-likeness (QED) is 0.171. The summed E-state index contributed by atoms with van der Waals surface area (Å²) in [5, 5.41) is 0. The Morgan fingerprint density at radius 1 is 0.850 bits per heavy atom. The van der Waals surface area contributed by atoms with Gasteiger partial charge in [-0.05, 0) is 55.0 Å². The fourth-order valence-electron chi connectivity index (χ4n) is 5.74. The van der Waals surface area contributed by atoms with E-state index in [2.05, 4.69) is 12.6 Å². The van der Waals surface area contributed by atoms with Gasteiger partial charge in [-0.2, -0.15) is 25.3 Å². The molecule has 3 aromatic carbocycles. The third-order valence-electron chi connectivity index (χ3n) is 7.89. The summed E-state index contributed by atoms with van der Waals surface area (Å²) in [6, 6.07) is 23.8. The number of carbonyl (C=O) groups excluding carboxylic acids is 3. The first kappa shape index (κ1) is 29.9. The van der Waals surface area contributed by atoms with Gasteiger partial charge >= 0.3 is 11.9 Å². The zero-order chi connectivity index (χ0) is 29.3. The predicted molar refractivity (Wildman–Crippen MR) is 163 cm³/mol. The van der Waals surface area contributed by atoms with E-state index >= 15 is 0 Å². The normalized spacial score (nSPS) is 16.6. The number of carbonyl (C=O) groups is 3. The van der Waals surface area contributed by atoms with E-state index in [4.69, 9.17) is 27.8 Å². The molecule has 0 amide bonds. The van der Waals surface area contributed by atoms with E-state index in [-0.39, 0.29) is 18.1 Å². The largest absolute Gasteiger partial charge is 0.468 e. The van der Waals surface area contributed by atoms with E-state index in [0.29, 0.717) is 5.56 Å². The molecule has 3 aromatic rings. The highest BCUT2D eigenvalue weighted by Crippen LogP contribution is 2.53. The summed E-state index contributed by atoms with van der Waals surface area (Å²) < 4.78 is 9.61. The van der Waals surface area contributed by atoms with Gasteiger partial charge in [-0.1, -0.05) is 78.9 Å². The highest BCUT2D eigenvalue weighted by molar-refractivity contribution is 7.82. The van der Waals surface area contributed by atoms with Crippen molar-refractivity contribution in [1.82, 2.24) is 0 Å². The second kappa shape index (κ2) is 11.4. The summed E-state index contributed by atoms with van der Waals surface area (Å²) in [6.07, 6.45) is 0.144. The van der Waals surface area contributed by atoms with Gasteiger partial charge < -0.3 is 15.2 Å². The molecule has 40 heavy (non-hydrogen) atoms. The SMILES string of the molecule is COC(=O)C(C(=O)OC(C)(C)c1ccccc1)(C(=O)[C@@H](N)CS)C(C)(S)CC1c2ccccc2-c2ccccc21. The molecule has 0 fully saturated rings. The lowest BCUT2D eigenvalue weighted by Crippen LogP contribution is -2.64. The Bertz CT molecular complexity index is 1380. The van der Waals surface area contributed by atoms with Crippen molar-refractivity contribution in [2.75, 3.05) is 12.9 Å². The van der Waals surface area contributed by atoms with Crippen LogP contribution >= 0.6 is 25.3 Å². The molecule has 210 valence electrons. The molecule has 0 spiro atoms. The number of hydrogen-bond donors (Lipinski definition) is 3. The van der Waals surface area contributed by atoms with Crippen molar-refractivity contribution >= 4 is 43.0 Å². The van der Waals surface area contributed by atoms with Gasteiger partial charge in [-0.25, -0.2) is 0 Å². The lowest BCUT2D eigenvalue weighted by Gasteiger charge is -2.44. The van der Waals surface area contributed by atoms with Crippen LogP contribution in [-0.4, -0.2) is 41.4 Å². The Morgan fingerprint density at radius 2 is 1.35 bits per heavy atom. The molecule has 0 aliphatic heterocycles. The van der Waals surface area contributed by atoms with Crippen LogP contribution in [0.2, 0.25) is 0 Å². The molecule has 0 radical (unpaired) electrons. The highest BCUT2D eigenvalue weighted by atomic mass is 32.1. The number of benzene rings is 3. The average molecular weight is 578 g/mol. The zero-order valence-corrected chi connectivity index (χ0v) is 24.9. The fourth-order valence-corrected chi connectivity index (χ4v) is 6.38. The van der Waals surface area contributed by atoms with Gasteiger partial charge in [0.15, 0.2) is 5.78 Å². The number of rotatable bonds is 10. The minimum atomic E-state index is -2.48. The molecular weight excluding hydrogens is 542 g/mol. The number of thiol groups is 2. The van der Waals surface area contributed by atoms with E-state index in [0.717, 1.165) is 29.4 Å². The second-order valence-electron chi connectivity index (χ2n) is 10.9. The highest BCUT2D eigenvalue weighted by Gasteiger charge is 2.67. The number of ketones is 1. The van der Waals surface area contributed by atoms with Gasteiger partial charge in [0.05, 0.1) is 13.2 Å². The number of methoxy groups -OCH3 is 1. The molecule has 0 aromatic heterocycles. The van der Waals surface area contributed by atoms with Crippen molar-refractivity contribution in [1.29, 1.82) is 0 Å². The molecule has 4 rings (SSSR count). The Morgan fingerprint density at radius 3 is 1.85 bits per heavy atom. The molecule has 2 N–H and O–H groups in total. The van der Waals surface area contributed by atoms with Crippen LogP contribution in [0.1, 0.15) is 49.8 Å². The molecule has 1 aliphatic carbocycles. The zero-order valence-electron chi connectivity index (χ0n) is 23.1. The van der Waals surface area contributed by atoms with Crippen LogP contribution < -0.4 is 5.73 Å². The van der Waals surface area contributed by atoms with Crippen LogP contribution in [0.5, 0.6) is 0 Å². The number of nitrogens with two attached hydrogens (primary N) is 1. The topological polar surface area (TPSA) is 95.7 Å². The first-order valence-electron chi connectivity index (χ1n) is 13.1. The second-order valence-corrected chi connectivity index (χ2v) is 12.2. The predicted octanol–water partition coefficient (Wildman–Crippen LogP) is 5.34. The lowest BCUT2D eigenvalue weighted by atomic mass is 9.66. The average Bonchev–Trinajstić information content (AvgIpc) is 3.25. The van der Waals surface area contributed by atoms with Gasteiger partial charge in [-0.3, -0.25) is 14.4 Å². The molecule has 0 saturated heterocycles. The van der Waals surface area contributed by atoms with Crippen LogP contribution in [0.25, 0.3) is 11.1 Å². The van der Waals surface area contributed by atoms with Crippen molar-refractivity contribution < 1.29 is 23.9 Å². The van der Waals surface area contributed by atoms with Gasteiger partial charge in [0, 0.05) is 16.4 Å². The summed E-state index contributed by atoms with van der Waals surface area (Å²) in [4.78, 5) is 42.3. The summed E-state index contributed by atoms with van der Waals surface area (Å²) in [5.41, 5.74) is 7.37. The molecule has 2 unspecified atom stereocenters. The number of fused-ring (bicyclic) bond motifs is 3. The molecular formula is C32H35NO5S2. The molecule has 0 bridgehead atoms. The maximum absolute atomic E-state index is 14.4. The molecule has 0 saturated carbocycles. The van der Waals surface area contributed by atoms with Crippen molar-refractivity contribution in [3.05, 3.63) is 95.6 Å². The first-order valence-corrected chi connectivity index (χ1v) is 14.2. The Balaban J connectivity index is 1.87. The maximum atomic E-state index is 14.4. The van der Waals surface area contributed by atoms with Gasteiger partial charge in [0.2, 0.25) is 5.41 Å². The molecule has 3 atom stereocenters. The molecule has 6 nitrogen and oxygen atoms in total. The van der Waals surface area contributed by atoms with Gasteiger partial charge in [0.1, 0.15) is 5.60 Å². The summed E-state index contributed by atoms with van der Waals surface area (Å²) in [5.74, 6) is -3.33. The van der Waals surface area contributed by atoms with Gasteiger partial charge in [0.25, 0.3) is 0 Å². The van der Waals surface area contributed by atoms with Crippen molar-refractivity contribution in [2.45, 2.75) is 49.5 Å². The Labute approximate surface area is 246 Å². The van der Waals surface area contributed by atoms with Crippen LogP contribution in [0.4, 0.5) is 0 Å². The monoisotopic (exact) mass is 577 g/mol. The number of Topliss-reactive ketones (excluding diaryl/α,β-unsaturated/α-hetero) is 1. The van der Waals surface area contributed by atoms with E-state index in [9.17, 15) is 14.4 Å². The Kier molecular flexibility index (Phi) is 8.54. The minimum Gasteiger partial charge on any atom is -0.468 e. The lowest BCUT2D eigenvalue weighted by molar-refractivity contribution is -0.185. The van der Waals surface area contributed by atoms with Crippen LogP contribution in [0, 0.1) is 5.41 Å². The van der Waals surface area contributed by atoms with Crippen molar-refractivity contribution in [2.24, 2.45) is 11.1 Å². The third kappa shape index (κ3) is 4.97. The molecule has 8 heteroatoms. The van der Waals surface area contributed by atoms with Crippen molar-refractivity contribution in [3.8, 4) is 11.1 Å². The smallest absolute Gasteiger partial charge is 0.333 e. The standard InChI is InChI=1S/C32H35NO5S2/c1-30(2,20-12-6-5-7-13-20)38-29(36)32(28(35)37-4,27(34)26(33)19-39)31(3,40)18-25-23-16-10-8-14-21(23)22-15-9-11-17-24(22)25/h5-17,25-26,39-40H,18-19,33H2,1-4H3/t26-,31?,32?/m0/s1. The van der Waals surface area contributed by atoms with Crippen molar-refractivity contribution in [3.63, 3.8) is 0 Å². The van der Waals surface area contributed by atoms with Crippen LogP contribution in [-0.2, 0) is 29.5 Å². The van der Waals surface area contributed by atoms with E-state index in [1.165, 1.54) is 0 Å². The van der Waals surface area contributed by atoms with Crippen LogP contribution in [0.15, 0.2) is 78.9 Å². The molecule has 0 heterocycles. The van der Waals surface area contributed by atoms with E-state index in [1.807, 2.05) is 66.7 Å². The summed E-state index contributed by atoms with van der Waals surface area (Å²) in [7, 11) is 1.14. The summed E-state index contributed by atoms with van der Waals surface area (Å²) >= 11 is 9.17. The minimum absolute atomic E-state index is 0.0914. The number of esters is 2. The third-order valence-corrected chi connectivity index (χ3v) is 8.80. The summed E-state index contributed by atoms with van der Waals surface area (Å²) in [6.45, 7) is 5.01. The fraction of sp³-hybridized carbons (Fsp3) is 0.344. The maximum Gasteiger partial charge on any atom is 0.333 e. The van der Waals surface area contributed by atoms with Gasteiger partial charge in [-0.15, -0.1) is 0 Å². The number of hydrogen-bond acceptors (Lipinski definition) is 8. The molecule has 1 aliphatic rings. The van der Waals surface area contributed by atoms with E-state index in [1.54, 1.807) is 32.9 Å².